The molecule has 0 aromatic heterocycles. The number of hydrogen-bond acceptors (Lipinski definition) is 2. The zero-order chi connectivity index (χ0) is 15.1. The standard InChI is InChI=1S/C19H32N2/c1-4-20-14-17-7-5-8-18(13-17)15-21-11-6-9-19(10-12-21)16(2)3/h5,7-8,13,16,19-20H,4,6,9-12,14-15H2,1-3H3. The van der Waals surface area contributed by atoms with Gasteiger partial charge in [0.25, 0.3) is 0 Å². The van der Waals surface area contributed by atoms with Gasteiger partial charge in [0.05, 0.1) is 0 Å². The quantitative estimate of drug-likeness (QED) is 0.849. The normalized spacial score (nSPS) is 20.7. The van der Waals surface area contributed by atoms with Crippen LogP contribution in [0.3, 0.4) is 0 Å². The van der Waals surface area contributed by atoms with Gasteiger partial charge in [0.15, 0.2) is 0 Å². The summed E-state index contributed by atoms with van der Waals surface area (Å²) in [6.07, 6.45) is 4.14. The maximum atomic E-state index is 3.41. The number of hydrogen-bond donors (Lipinski definition) is 1. The van der Waals surface area contributed by atoms with E-state index in [1.54, 1.807) is 0 Å². The highest BCUT2D eigenvalue weighted by atomic mass is 15.1. The van der Waals surface area contributed by atoms with Crippen molar-refractivity contribution in [2.24, 2.45) is 11.8 Å². The maximum absolute atomic E-state index is 3.41. The van der Waals surface area contributed by atoms with Crippen molar-refractivity contribution < 1.29 is 0 Å². The Hall–Kier alpha value is -0.860. The number of rotatable bonds is 6. The molecule has 1 N–H and O–H groups in total. The average molecular weight is 288 g/mol. The fourth-order valence-electron chi connectivity index (χ4n) is 3.37. The molecule has 1 unspecified atom stereocenters. The molecule has 2 rings (SSSR count). The smallest absolute Gasteiger partial charge is 0.0233 e. The van der Waals surface area contributed by atoms with Crippen molar-refractivity contribution in [2.75, 3.05) is 19.6 Å². The van der Waals surface area contributed by atoms with Crippen molar-refractivity contribution in [3.63, 3.8) is 0 Å². The van der Waals surface area contributed by atoms with Gasteiger partial charge in [-0.2, -0.15) is 0 Å². The molecule has 1 fully saturated rings. The predicted octanol–water partition coefficient (Wildman–Crippen LogP) is 4.05. The van der Waals surface area contributed by atoms with Crippen molar-refractivity contribution in [2.45, 2.75) is 53.1 Å². The lowest BCUT2D eigenvalue weighted by molar-refractivity contribution is 0.264. The van der Waals surface area contributed by atoms with Crippen LogP contribution in [0, 0.1) is 11.8 Å². The lowest BCUT2D eigenvalue weighted by Crippen LogP contribution is -2.24. The first-order valence-electron chi connectivity index (χ1n) is 8.70. The Bertz CT molecular complexity index is 414. The summed E-state index contributed by atoms with van der Waals surface area (Å²) in [7, 11) is 0. The minimum Gasteiger partial charge on any atom is -0.313 e. The van der Waals surface area contributed by atoms with Gasteiger partial charge in [0.2, 0.25) is 0 Å². The van der Waals surface area contributed by atoms with E-state index in [0.29, 0.717) is 0 Å². The molecule has 0 radical (unpaired) electrons. The van der Waals surface area contributed by atoms with Gasteiger partial charge in [0.1, 0.15) is 0 Å². The third-order valence-electron chi connectivity index (χ3n) is 4.78. The highest BCUT2D eigenvalue weighted by Gasteiger charge is 2.19. The van der Waals surface area contributed by atoms with Gasteiger partial charge >= 0.3 is 0 Å². The Morgan fingerprint density at radius 2 is 2.00 bits per heavy atom. The molecule has 21 heavy (non-hydrogen) atoms. The maximum Gasteiger partial charge on any atom is 0.0233 e. The fraction of sp³-hybridized carbons (Fsp3) is 0.684. The molecule has 1 saturated heterocycles. The number of nitrogens with one attached hydrogen (secondary N) is 1. The Balaban J connectivity index is 1.89. The molecule has 0 saturated carbocycles. The molecule has 1 heterocycles. The summed E-state index contributed by atoms with van der Waals surface area (Å²) in [5.41, 5.74) is 2.87. The average Bonchev–Trinajstić information content (AvgIpc) is 2.71. The first-order valence-corrected chi connectivity index (χ1v) is 8.70. The highest BCUT2D eigenvalue weighted by Crippen LogP contribution is 2.25. The van der Waals surface area contributed by atoms with Crippen LogP contribution in [0.1, 0.15) is 51.2 Å². The number of benzene rings is 1. The van der Waals surface area contributed by atoms with Crippen molar-refractivity contribution in [1.29, 1.82) is 0 Å². The Morgan fingerprint density at radius 3 is 2.76 bits per heavy atom. The molecule has 1 aliphatic rings. The summed E-state index contributed by atoms with van der Waals surface area (Å²) >= 11 is 0. The Morgan fingerprint density at radius 1 is 1.19 bits per heavy atom. The van der Waals surface area contributed by atoms with Crippen LogP contribution in [-0.2, 0) is 13.1 Å². The van der Waals surface area contributed by atoms with E-state index in [4.69, 9.17) is 0 Å². The van der Waals surface area contributed by atoms with Gasteiger partial charge in [-0.15, -0.1) is 0 Å². The molecule has 1 atom stereocenters. The molecule has 1 aliphatic heterocycles. The van der Waals surface area contributed by atoms with Crippen molar-refractivity contribution in [3.8, 4) is 0 Å². The van der Waals surface area contributed by atoms with Crippen molar-refractivity contribution >= 4 is 0 Å². The van der Waals surface area contributed by atoms with E-state index in [9.17, 15) is 0 Å². The van der Waals surface area contributed by atoms with Gasteiger partial charge in [-0.05, 0) is 61.9 Å². The van der Waals surface area contributed by atoms with Crippen LogP contribution in [0.25, 0.3) is 0 Å². The van der Waals surface area contributed by atoms with E-state index in [1.807, 2.05) is 0 Å². The molecule has 2 heteroatoms. The van der Waals surface area contributed by atoms with Crippen LogP contribution >= 0.6 is 0 Å². The Kier molecular flexibility index (Phi) is 6.72. The Labute approximate surface area is 130 Å². The van der Waals surface area contributed by atoms with Gasteiger partial charge in [-0.3, -0.25) is 4.90 Å². The van der Waals surface area contributed by atoms with E-state index < -0.39 is 0 Å². The van der Waals surface area contributed by atoms with Crippen molar-refractivity contribution in [1.82, 2.24) is 10.2 Å². The van der Waals surface area contributed by atoms with E-state index >= 15 is 0 Å². The monoisotopic (exact) mass is 288 g/mol. The summed E-state index contributed by atoms with van der Waals surface area (Å²) in [5.74, 6) is 1.77. The van der Waals surface area contributed by atoms with Crippen LogP contribution in [0.2, 0.25) is 0 Å². The molecule has 0 spiro atoms. The molecule has 1 aromatic rings. The van der Waals surface area contributed by atoms with E-state index in [2.05, 4.69) is 55.3 Å². The molecule has 118 valence electrons. The van der Waals surface area contributed by atoms with Gasteiger partial charge in [-0.1, -0.05) is 45.0 Å². The first kappa shape index (κ1) is 16.5. The second kappa shape index (κ2) is 8.55. The fourth-order valence-corrected chi connectivity index (χ4v) is 3.37. The zero-order valence-electron chi connectivity index (χ0n) is 14.1. The third-order valence-corrected chi connectivity index (χ3v) is 4.78. The van der Waals surface area contributed by atoms with Gasteiger partial charge < -0.3 is 5.32 Å². The molecular formula is C19H32N2. The summed E-state index contributed by atoms with van der Waals surface area (Å²) in [6, 6.07) is 9.08. The number of nitrogens with zero attached hydrogens (tertiary/aromatic N) is 1. The minimum absolute atomic E-state index is 0.841. The van der Waals surface area contributed by atoms with E-state index in [0.717, 1.165) is 31.5 Å². The molecular weight excluding hydrogens is 256 g/mol. The second-order valence-corrected chi connectivity index (χ2v) is 6.81. The SMILES string of the molecule is CCNCc1cccc(CN2CCCC(C(C)C)CC2)c1. The molecule has 2 nitrogen and oxygen atoms in total. The van der Waals surface area contributed by atoms with Crippen LogP contribution in [-0.4, -0.2) is 24.5 Å². The lowest BCUT2D eigenvalue weighted by atomic mass is 9.89. The minimum atomic E-state index is 0.841. The third kappa shape index (κ3) is 5.44. The van der Waals surface area contributed by atoms with Gasteiger partial charge in [-0.25, -0.2) is 0 Å². The molecule has 0 aliphatic carbocycles. The summed E-state index contributed by atoms with van der Waals surface area (Å²) in [6.45, 7) is 12.6. The van der Waals surface area contributed by atoms with E-state index in [-0.39, 0.29) is 0 Å². The molecule has 1 aromatic carbocycles. The predicted molar refractivity (Wildman–Crippen MR) is 91.3 cm³/mol. The lowest BCUT2D eigenvalue weighted by Gasteiger charge is -2.21. The first-order chi connectivity index (χ1) is 10.2. The van der Waals surface area contributed by atoms with Crippen LogP contribution < -0.4 is 5.32 Å². The summed E-state index contributed by atoms with van der Waals surface area (Å²) in [5, 5.41) is 3.41. The second-order valence-electron chi connectivity index (χ2n) is 6.81. The van der Waals surface area contributed by atoms with E-state index in [1.165, 1.54) is 43.5 Å². The van der Waals surface area contributed by atoms with Crippen molar-refractivity contribution in [3.05, 3.63) is 35.4 Å². The summed E-state index contributed by atoms with van der Waals surface area (Å²) < 4.78 is 0. The molecule has 0 amide bonds. The molecule has 0 bridgehead atoms. The summed E-state index contributed by atoms with van der Waals surface area (Å²) in [4.78, 5) is 2.65. The van der Waals surface area contributed by atoms with Crippen LogP contribution in [0.15, 0.2) is 24.3 Å². The largest absolute Gasteiger partial charge is 0.313 e. The highest BCUT2D eigenvalue weighted by molar-refractivity contribution is 5.23. The van der Waals surface area contributed by atoms with Crippen LogP contribution in [0.4, 0.5) is 0 Å². The topological polar surface area (TPSA) is 15.3 Å². The number of likely N-dealkylation sites (tertiary alicyclic amines) is 1. The van der Waals surface area contributed by atoms with Crippen LogP contribution in [0.5, 0.6) is 0 Å². The zero-order valence-corrected chi connectivity index (χ0v) is 14.1. The van der Waals surface area contributed by atoms with Gasteiger partial charge in [0, 0.05) is 13.1 Å².